The number of carbonyl (C=O) groups excluding carboxylic acids is 2. The molecule has 0 radical (unpaired) electrons. The monoisotopic (exact) mass is 391 g/mol. The zero-order chi connectivity index (χ0) is 18.5. The maximum absolute atomic E-state index is 12.4. The smallest absolute Gasteiger partial charge is 0.338 e. The number of likely N-dealkylation sites (N-methyl/N-ethyl adjacent to an activating group) is 1. The second-order valence-electron chi connectivity index (χ2n) is 5.09. The molecule has 0 aliphatic rings. The van der Waals surface area contributed by atoms with E-state index in [0.717, 1.165) is 13.1 Å². The lowest BCUT2D eigenvalue weighted by atomic mass is 10.1. The predicted octanol–water partition coefficient (Wildman–Crippen LogP) is 3.26. The SMILES string of the molecule is C=CCSC/C(C(=O)OCCN(CC)CC)=C(\OC)C(=O)C(=C)C.Cl. The number of Topliss-reactive ketones (excluding diaryl/α,β-unsaturated/α-hetero) is 1. The van der Waals surface area contributed by atoms with Crippen molar-refractivity contribution in [1.82, 2.24) is 4.90 Å². The van der Waals surface area contributed by atoms with Gasteiger partial charge in [-0.25, -0.2) is 4.79 Å². The second kappa shape index (κ2) is 15.0. The molecule has 0 aliphatic heterocycles. The standard InChI is InChI=1S/C18H29NO4S.ClH/c1-7-12-24-13-15(17(22-6)16(20)14(4)5)18(21)23-11-10-19(8-2)9-3;/h7H,1,4,8-13H2,2-3,5-6H3;1H/b17-15+;. The van der Waals surface area contributed by atoms with Crippen molar-refractivity contribution in [2.24, 2.45) is 0 Å². The van der Waals surface area contributed by atoms with Crippen molar-refractivity contribution < 1.29 is 19.1 Å². The van der Waals surface area contributed by atoms with Gasteiger partial charge in [-0.2, -0.15) is 11.8 Å². The highest BCUT2D eigenvalue weighted by atomic mass is 35.5. The van der Waals surface area contributed by atoms with Gasteiger partial charge in [0.1, 0.15) is 6.61 Å². The van der Waals surface area contributed by atoms with Crippen LogP contribution >= 0.6 is 24.2 Å². The van der Waals surface area contributed by atoms with Crippen LogP contribution in [0.3, 0.4) is 0 Å². The number of halogens is 1. The number of hydrogen-bond acceptors (Lipinski definition) is 6. The van der Waals surface area contributed by atoms with Crippen LogP contribution in [-0.2, 0) is 19.1 Å². The number of ketones is 1. The van der Waals surface area contributed by atoms with Crippen LogP contribution in [0.15, 0.2) is 36.1 Å². The number of ether oxygens (including phenoxy) is 2. The van der Waals surface area contributed by atoms with Crippen molar-refractivity contribution in [2.45, 2.75) is 20.8 Å². The fourth-order valence-electron chi connectivity index (χ4n) is 1.90. The Morgan fingerprint density at radius 1 is 1.24 bits per heavy atom. The van der Waals surface area contributed by atoms with Crippen molar-refractivity contribution in [3.63, 3.8) is 0 Å². The molecule has 0 amide bonds. The van der Waals surface area contributed by atoms with Crippen LogP contribution in [0.5, 0.6) is 0 Å². The van der Waals surface area contributed by atoms with Crippen LogP contribution in [0, 0.1) is 0 Å². The van der Waals surface area contributed by atoms with E-state index in [1.54, 1.807) is 13.0 Å². The normalized spacial score (nSPS) is 11.2. The first-order chi connectivity index (χ1) is 11.4. The highest BCUT2D eigenvalue weighted by molar-refractivity contribution is 7.99. The Hall–Kier alpha value is -1.24. The zero-order valence-corrected chi connectivity index (χ0v) is 17.3. The number of esters is 1. The third kappa shape index (κ3) is 9.72. The molecule has 0 rings (SSSR count). The fourth-order valence-corrected chi connectivity index (χ4v) is 2.64. The van der Waals surface area contributed by atoms with Crippen molar-refractivity contribution in [2.75, 3.05) is 44.9 Å². The molecular weight excluding hydrogens is 362 g/mol. The number of thioether (sulfide) groups is 1. The van der Waals surface area contributed by atoms with E-state index in [4.69, 9.17) is 9.47 Å². The average Bonchev–Trinajstić information content (AvgIpc) is 2.57. The molecule has 0 spiro atoms. The van der Waals surface area contributed by atoms with Crippen LogP contribution in [-0.4, -0.2) is 61.5 Å². The summed E-state index contributed by atoms with van der Waals surface area (Å²) in [7, 11) is 1.37. The molecule has 25 heavy (non-hydrogen) atoms. The summed E-state index contributed by atoms with van der Waals surface area (Å²) in [6.07, 6.45) is 1.74. The van der Waals surface area contributed by atoms with Gasteiger partial charge in [0.2, 0.25) is 5.78 Å². The van der Waals surface area contributed by atoms with Gasteiger partial charge >= 0.3 is 5.97 Å². The Kier molecular flexibility index (Phi) is 15.6. The summed E-state index contributed by atoms with van der Waals surface area (Å²) in [5.41, 5.74) is 0.547. The maximum Gasteiger partial charge on any atom is 0.338 e. The number of methoxy groups -OCH3 is 1. The average molecular weight is 392 g/mol. The lowest BCUT2D eigenvalue weighted by Gasteiger charge is -2.18. The molecule has 7 heteroatoms. The van der Waals surface area contributed by atoms with Crippen LogP contribution in [0.4, 0.5) is 0 Å². The number of rotatable bonds is 13. The van der Waals surface area contributed by atoms with E-state index in [1.807, 2.05) is 0 Å². The van der Waals surface area contributed by atoms with Gasteiger partial charge in [-0.05, 0) is 25.6 Å². The summed E-state index contributed by atoms with van der Waals surface area (Å²) in [6.45, 7) is 15.7. The third-order valence-corrected chi connectivity index (χ3v) is 4.30. The second-order valence-corrected chi connectivity index (χ2v) is 6.12. The highest BCUT2D eigenvalue weighted by Crippen LogP contribution is 2.18. The quantitative estimate of drug-likeness (QED) is 0.158. The molecule has 0 aromatic carbocycles. The molecular formula is C18H30ClNO4S. The molecule has 0 atom stereocenters. The van der Waals surface area contributed by atoms with Crippen molar-refractivity contribution in [1.29, 1.82) is 0 Å². The largest absolute Gasteiger partial charge is 0.492 e. The van der Waals surface area contributed by atoms with E-state index in [1.165, 1.54) is 18.9 Å². The molecule has 0 heterocycles. The predicted molar refractivity (Wildman–Crippen MR) is 107 cm³/mol. The molecule has 0 fully saturated rings. The van der Waals surface area contributed by atoms with E-state index in [-0.39, 0.29) is 36.1 Å². The van der Waals surface area contributed by atoms with Gasteiger partial charge < -0.3 is 14.4 Å². The van der Waals surface area contributed by atoms with Crippen molar-refractivity contribution in [3.8, 4) is 0 Å². The molecule has 0 saturated carbocycles. The number of nitrogens with zero attached hydrogens (tertiary/aromatic N) is 1. The van der Waals surface area contributed by atoms with Crippen LogP contribution in [0.2, 0.25) is 0 Å². The minimum atomic E-state index is -0.523. The summed E-state index contributed by atoms with van der Waals surface area (Å²) >= 11 is 1.46. The molecule has 0 unspecified atom stereocenters. The number of hydrogen-bond donors (Lipinski definition) is 0. The minimum Gasteiger partial charge on any atom is -0.492 e. The van der Waals surface area contributed by atoms with Crippen LogP contribution in [0.25, 0.3) is 0 Å². The van der Waals surface area contributed by atoms with Gasteiger partial charge in [0, 0.05) is 18.1 Å². The molecule has 0 aliphatic carbocycles. The number of allylic oxidation sites excluding steroid dienone is 1. The van der Waals surface area contributed by atoms with E-state index in [2.05, 4.69) is 31.9 Å². The van der Waals surface area contributed by atoms with Crippen molar-refractivity contribution in [3.05, 3.63) is 36.1 Å². The zero-order valence-electron chi connectivity index (χ0n) is 15.6. The summed E-state index contributed by atoms with van der Waals surface area (Å²) in [5, 5.41) is 0. The Morgan fingerprint density at radius 2 is 1.84 bits per heavy atom. The van der Waals surface area contributed by atoms with Gasteiger partial charge in [-0.15, -0.1) is 19.0 Å². The topological polar surface area (TPSA) is 55.8 Å². The van der Waals surface area contributed by atoms with E-state index in [9.17, 15) is 9.59 Å². The maximum atomic E-state index is 12.4. The van der Waals surface area contributed by atoms with Gasteiger partial charge in [-0.1, -0.05) is 26.5 Å². The van der Waals surface area contributed by atoms with Gasteiger partial charge in [0.25, 0.3) is 0 Å². The lowest BCUT2D eigenvalue weighted by molar-refractivity contribution is -0.140. The third-order valence-electron chi connectivity index (χ3n) is 3.34. The van der Waals surface area contributed by atoms with Gasteiger partial charge in [0.15, 0.2) is 5.76 Å². The Morgan fingerprint density at radius 3 is 2.28 bits per heavy atom. The first-order valence-electron chi connectivity index (χ1n) is 7.98. The van der Waals surface area contributed by atoms with E-state index < -0.39 is 5.97 Å². The minimum absolute atomic E-state index is 0. The first-order valence-corrected chi connectivity index (χ1v) is 9.13. The highest BCUT2D eigenvalue weighted by Gasteiger charge is 2.23. The first kappa shape index (κ1) is 26.0. The lowest BCUT2D eigenvalue weighted by Crippen LogP contribution is -2.28. The molecule has 5 nitrogen and oxygen atoms in total. The summed E-state index contributed by atoms with van der Waals surface area (Å²) in [4.78, 5) is 26.8. The molecule has 0 saturated heterocycles. The van der Waals surface area contributed by atoms with Crippen LogP contribution < -0.4 is 0 Å². The summed E-state index contributed by atoms with van der Waals surface area (Å²) < 4.78 is 10.5. The Labute approximate surface area is 161 Å². The fraction of sp³-hybridized carbons (Fsp3) is 0.556. The summed E-state index contributed by atoms with van der Waals surface area (Å²) in [6, 6.07) is 0. The van der Waals surface area contributed by atoms with Crippen LogP contribution in [0.1, 0.15) is 20.8 Å². The number of carbonyl (C=O) groups is 2. The Balaban J connectivity index is 0. The van der Waals surface area contributed by atoms with E-state index >= 15 is 0 Å². The summed E-state index contributed by atoms with van der Waals surface area (Å²) in [5.74, 6) is 0.0803. The van der Waals surface area contributed by atoms with Gasteiger partial charge in [-0.3, -0.25) is 4.79 Å². The Bertz CT molecular complexity index is 487. The molecule has 0 bridgehead atoms. The molecule has 0 N–H and O–H groups in total. The molecule has 0 aromatic heterocycles. The molecule has 144 valence electrons. The van der Waals surface area contributed by atoms with E-state index in [0.29, 0.717) is 23.6 Å². The van der Waals surface area contributed by atoms with Gasteiger partial charge in [0.05, 0.1) is 12.7 Å². The van der Waals surface area contributed by atoms with Crippen molar-refractivity contribution >= 4 is 35.9 Å². The molecule has 0 aromatic rings.